The molecule has 0 aliphatic carbocycles. The van der Waals surface area contributed by atoms with Crippen molar-refractivity contribution < 1.29 is 28.5 Å². The zero-order valence-corrected chi connectivity index (χ0v) is 36.2. The average molecular weight is 873 g/mol. The smallest absolute Gasteiger partial charge is 0.326 e. The van der Waals surface area contributed by atoms with E-state index >= 15 is 0 Å². The molecule has 3 aromatic heterocycles. The first kappa shape index (κ1) is 42.6. The van der Waals surface area contributed by atoms with Crippen LogP contribution in [0.4, 0.5) is 10.1 Å². The Morgan fingerprint density at radius 3 is 2.40 bits per heavy atom. The Balaban J connectivity index is 1.08. The summed E-state index contributed by atoms with van der Waals surface area (Å²) in [6.07, 6.45) is 3.43. The predicted octanol–water partition coefficient (Wildman–Crippen LogP) is 9.51. The van der Waals surface area contributed by atoms with Gasteiger partial charge in [0.05, 0.1) is 23.4 Å². The van der Waals surface area contributed by atoms with E-state index in [1.54, 1.807) is 43.8 Å². The molecular weight excluding hydrogens is 827 g/mol. The van der Waals surface area contributed by atoms with Crippen LogP contribution in [0.15, 0.2) is 109 Å². The molecule has 0 bridgehead atoms. The van der Waals surface area contributed by atoms with Crippen molar-refractivity contribution >= 4 is 44.8 Å². The van der Waals surface area contributed by atoms with Crippen molar-refractivity contribution in [2.45, 2.75) is 26.0 Å². The van der Waals surface area contributed by atoms with Crippen LogP contribution in [0.1, 0.15) is 16.8 Å². The Morgan fingerprint density at radius 1 is 0.887 bits per heavy atom. The number of carboxylic acid groups (broad SMARTS) is 1. The molecule has 1 unspecified atom stereocenters. The largest absolute Gasteiger partial charge is 0.496 e. The van der Waals surface area contributed by atoms with Crippen LogP contribution in [0.25, 0.3) is 43.2 Å². The van der Waals surface area contributed by atoms with E-state index in [1.807, 2.05) is 67.6 Å². The molecule has 1 fully saturated rings. The molecule has 2 N–H and O–H groups in total. The predicted molar refractivity (Wildman–Crippen MR) is 243 cm³/mol. The SMILES string of the molecule is COc1ccccc1-c1nccc(COc2ccccc2CC(Nc2ccnc3sc(-c4ccc(F)cc4)c(-c4ccc(OCCN5CCN(C)CC5)c(Cl)c4C)c23)C(=O)O)n1. The molecule has 1 atom stereocenters. The number of nitrogens with zero attached hydrogens (tertiary/aromatic N) is 5. The molecule has 0 saturated carbocycles. The Kier molecular flexibility index (Phi) is 13.2. The lowest BCUT2D eigenvalue weighted by Gasteiger charge is -2.32. The minimum atomic E-state index is -1.07. The Labute approximate surface area is 368 Å². The summed E-state index contributed by atoms with van der Waals surface area (Å²) in [7, 11) is 3.74. The number of aliphatic carboxylic acids is 1. The van der Waals surface area contributed by atoms with Gasteiger partial charge in [0, 0.05) is 73.1 Å². The summed E-state index contributed by atoms with van der Waals surface area (Å²) in [5.41, 5.74) is 5.89. The van der Waals surface area contributed by atoms with E-state index in [1.165, 1.54) is 23.5 Å². The number of nitrogens with one attached hydrogen (secondary N) is 1. The van der Waals surface area contributed by atoms with Gasteiger partial charge >= 0.3 is 5.97 Å². The number of thiophene rings is 1. The molecule has 14 heteroatoms. The number of anilines is 1. The van der Waals surface area contributed by atoms with Crippen LogP contribution in [0.3, 0.4) is 0 Å². The van der Waals surface area contributed by atoms with E-state index in [9.17, 15) is 14.3 Å². The summed E-state index contributed by atoms with van der Waals surface area (Å²) in [6.45, 7) is 7.41. The molecule has 0 spiro atoms. The number of hydrogen-bond acceptors (Lipinski definition) is 11. The fraction of sp³-hybridized carbons (Fsp3) is 0.250. The maximum Gasteiger partial charge on any atom is 0.326 e. The van der Waals surface area contributed by atoms with Crippen LogP contribution in [0.5, 0.6) is 17.2 Å². The number of hydrogen-bond donors (Lipinski definition) is 2. The number of fused-ring (bicyclic) bond motifs is 1. The fourth-order valence-corrected chi connectivity index (χ4v) is 9.02. The first-order chi connectivity index (χ1) is 30.2. The highest BCUT2D eigenvalue weighted by molar-refractivity contribution is 7.22. The van der Waals surface area contributed by atoms with Crippen molar-refractivity contribution in [3.63, 3.8) is 0 Å². The molecule has 11 nitrogen and oxygen atoms in total. The molecule has 8 rings (SSSR count). The Bertz CT molecular complexity index is 2690. The van der Waals surface area contributed by atoms with Gasteiger partial charge in [0.25, 0.3) is 0 Å². The molecule has 7 aromatic rings. The topological polar surface area (TPSA) is 122 Å². The molecule has 4 aromatic carbocycles. The molecule has 62 heavy (non-hydrogen) atoms. The lowest BCUT2D eigenvalue weighted by Crippen LogP contribution is -2.45. The van der Waals surface area contributed by atoms with Crippen molar-refractivity contribution in [1.82, 2.24) is 24.8 Å². The quantitative estimate of drug-likeness (QED) is 0.0966. The Morgan fingerprint density at radius 2 is 1.63 bits per heavy atom. The number of ether oxygens (including phenoxy) is 3. The second kappa shape index (κ2) is 19.3. The van der Waals surface area contributed by atoms with E-state index in [-0.39, 0.29) is 18.8 Å². The number of carbonyl (C=O) groups is 1. The second-order valence-electron chi connectivity index (χ2n) is 15.1. The summed E-state index contributed by atoms with van der Waals surface area (Å²) in [4.78, 5) is 33.2. The monoisotopic (exact) mass is 872 g/mol. The van der Waals surface area contributed by atoms with Gasteiger partial charge in [-0.2, -0.15) is 0 Å². The minimum absolute atomic E-state index is 0.0981. The van der Waals surface area contributed by atoms with Gasteiger partial charge in [0.15, 0.2) is 5.82 Å². The number of carboxylic acids is 1. The molecule has 4 heterocycles. The number of methoxy groups -OCH3 is 1. The summed E-state index contributed by atoms with van der Waals surface area (Å²) in [5, 5.41) is 15.3. The highest BCUT2D eigenvalue weighted by Gasteiger charge is 2.26. The van der Waals surface area contributed by atoms with Crippen LogP contribution in [0, 0.1) is 12.7 Å². The molecule has 0 radical (unpaired) electrons. The standard InChI is InChI=1S/C48H46ClFN6O5S/c1-30-35(16-17-41(44(30)49)60-27-26-56-24-22-55(2)23-25-56)42-43-37(19-21-52-47(43)62-45(42)31-12-14-33(50)15-13-31)54-38(48(57)58)28-32-8-4-6-10-39(32)61-29-34-18-20-51-46(53-34)36-9-5-7-11-40(36)59-3/h4-21,38H,22-29H2,1-3H3,(H,52,54)(H,57,58). The zero-order chi connectivity index (χ0) is 43.2. The van der Waals surface area contributed by atoms with E-state index in [0.29, 0.717) is 56.5 Å². The molecule has 1 aliphatic rings. The summed E-state index contributed by atoms with van der Waals surface area (Å²) in [6, 6.07) is 27.6. The number of halogens is 2. The normalized spacial score (nSPS) is 13.8. The Hall–Kier alpha value is -6.12. The molecule has 0 amide bonds. The summed E-state index contributed by atoms with van der Waals surface area (Å²) in [5.74, 6) is 0.884. The number of likely N-dealkylation sites (N-methyl/N-ethyl adjacent to an activating group) is 1. The van der Waals surface area contributed by atoms with Gasteiger partial charge in [-0.1, -0.05) is 60.1 Å². The van der Waals surface area contributed by atoms with Crippen molar-refractivity contribution in [3.05, 3.63) is 137 Å². The molecule has 318 valence electrons. The highest BCUT2D eigenvalue weighted by Crippen LogP contribution is 2.49. The average Bonchev–Trinajstić information content (AvgIpc) is 3.68. The maximum atomic E-state index is 14.2. The van der Waals surface area contributed by atoms with Gasteiger partial charge in [0.2, 0.25) is 0 Å². The van der Waals surface area contributed by atoms with Crippen LogP contribution in [-0.4, -0.2) is 95.4 Å². The van der Waals surface area contributed by atoms with Crippen LogP contribution < -0.4 is 19.5 Å². The lowest BCUT2D eigenvalue weighted by molar-refractivity contribution is -0.137. The number of piperazine rings is 1. The number of rotatable bonds is 16. The van der Waals surface area contributed by atoms with Gasteiger partial charge in [-0.3, -0.25) is 4.90 Å². The first-order valence-electron chi connectivity index (χ1n) is 20.3. The second-order valence-corrected chi connectivity index (χ2v) is 16.5. The van der Waals surface area contributed by atoms with Crippen molar-refractivity contribution in [3.8, 4) is 50.2 Å². The van der Waals surface area contributed by atoms with Gasteiger partial charge < -0.3 is 29.5 Å². The van der Waals surface area contributed by atoms with E-state index < -0.39 is 12.0 Å². The van der Waals surface area contributed by atoms with Gasteiger partial charge in [-0.15, -0.1) is 11.3 Å². The number of aromatic nitrogens is 3. The van der Waals surface area contributed by atoms with Gasteiger partial charge in [-0.25, -0.2) is 24.1 Å². The van der Waals surface area contributed by atoms with Crippen LogP contribution in [0.2, 0.25) is 5.02 Å². The molecule has 1 aliphatic heterocycles. The van der Waals surface area contributed by atoms with Crippen LogP contribution >= 0.6 is 22.9 Å². The third kappa shape index (κ3) is 9.51. The zero-order valence-electron chi connectivity index (χ0n) is 34.6. The number of pyridine rings is 1. The summed E-state index contributed by atoms with van der Waals surface area (Å²) >= 11 is 8.53. The maximum absolute atomic E-state index is 14.2. The van der Waals surface area contributed by atoms with E-state index in [2.05, 4.69) is 27.1 Å². The third-order valence-corrected chi connectivity index (χ3v) is 12.7. The van der Waals surface area contributed by atoms with Gasteiger partial charge in [-0.05, 0) is 84.8 Å². The number of benzene rings is 4. The van der Waals surface area contributed by atoms with E-state index in [4.69, 9.17) is 35.8 Å². The molecular formula is C48H46ClFN6O5S. The minimum Gasteiger partial charge on any atom is -0.496 e. The van der Waals surface area contributed by atoms with Crippen LogP contribution in [-0.2, 0) is 17.8 Å². The van der Waals surface area contributed by atoms with Gasteiger partial charge in [0.1, 0.15) is 47.2 Å². The number of para-hydroxylation sites is 2. The summed E-state index contributed by atoms with van der Waals surface area (Å²) < 4.78 is 32.3. The highest BCUT2D eigenvalue weighted by atomic mass is 35.5. The molecule has 1 saturated heterocycles. The third-order valence-electron chi connectivity index (χ3n) is 11.0. The fourth-order valence-electron chi connectivity index (χ4n) is 7.61. The van der Waals surface area contributed by atoms with Crippen molar-refractivity contribution in [2.24, 2.45) is 0 Å². The van der Waals surface area contributed by atoms with Crippen molar-refractivity contribution in [1.29, 1.82) is 0 Å². The lowest BCUT2D eigenvalue weighted by atomic mass is 9.94. The van der Waals surface area contributed by atoms with Crippen molar-refractivity contribution in [2.75, 3.05) is 58.8 Å². The first-order valence-corrected chi connectivity index (χ1v) is 21.5. The van der Waals surface area contributed by atoms with E-state index in [0.717, 1.165) is 70.8 Å².